The standard InChI is InChI=1S/C25H26ClN3O6S/c1-34-15-14-27-25(31)22-8-3-4-9-23(22)28-24(30)17-29(19-7-5-6-18(26)16-19)36(32,33)21-12-10-20(35-2)11-13-21/h3-13,16H,14-15,17H2,1-2H3,(H,27,31)(H,28,30). The number of benzene rings is 3. The molecule has 0 radical (unpaired) electrons. The Bertz CT molecular complexity index is 1320. The van der Waals surface area contributed by atoms with Crippen LogP contribution in [0.1, 0.15) is 10.4 Å². The fraction of sp³-hybridized carbons (Fsp3) is 0.200. The third-order valence-corrected chi connectivity index (χ3v) is 7.09. The van der Waals surface area contributed by atoms with Gasteiger partial charge in [0.05, 0.1) is 35.6 Å². The summed E-state index contributed by atoms with van der Waals surface area (Å²) in [5.41, 5.74) is 0.679. The van der Waals surface area contributed by atoms with Crippen LogP contribution in [-0.4, -0.2) is 54.1 Å². The second kappa shape index (κ2) is 12.4. The summed E-state index contributed by atoms with van der Waals surface area (Å²) < 4.78 is 38.1. The molecule has 0 saturated carbocycles. The highest BCUT2D eigenvalue weighted by Gasteiger charge is 2.28. The van der Waals surface area contributed by atoms with Crippen molar-refractivity contribution in [2.45, 2.75) is 4.90 Å². The van der Waals surface area contributed by atoms with Crippen LogP contribution in [0.5, 0.6) is 5.75 Å². The predicted molar refractivity (Wildman–Crippen MR) is 138 cm³/mol. The van der Waals surface area contributed by atoms with Gasteiger partial charge in [-0.05, 0) is 54.6 Å². The first-order valence-corrected chi connectivity index (χ1v) is 12.7. The van der Waals surface area contributed by atoms with Crippen LogP contribution >= 0.6 is 11.6 Å². The van der Waals surface area contributed by atoms with Crippen molar-refractivity contribution in [2.75, 3.05) is 43.5 Å². The molecule has 3 aromatic carbocycles. The van der Waals surface area contributed by atoms with Gasteiger partial charge >= 0.3 is 0 Å². The van der Waals surface area contributed by atoms with Gasteiger partial charge in [-0.2, -0.15) is 0 Å². The van der Waals surface area contributed by atoms with Crippen molar-refractivity contribution in [2.24, 2.45) is 0 Å². The lowest BCUT2D eigenvalue weighted by molar-refractivity contribution is -0.114. The molecule has 3 aromatic rings. The number of methoxy groups -OCH3 is 2. The molecule has 9 nitrogen and oxygen atoms in total. The highest BCUT2D eigenvalue weighted by molar-refractivity contribution is 7.92. The maximum Gasteiger partial charge on any atom is 0.264 e. The average molecular weight is 532 g/mol. The fourth-order valence-corrected chi connectivity index (χ4v) is 4.89. The van der Waals surface area contributed by atoms with Crippen molar-refractivity contribution in [3.8, 4) is 5.75 Å². The molecule has 2 amide bonds. The van der Waals surface area contributed by atoms with E-state index in [0.717, 1.165) is 4.31 Å². The van der Waals surface area contributed by atoms with E-state index < -0.39 is 28.4 Å². The van der Waals surface area contributed by atoms with Crippen LogP contribution in [0.4, 0.5) is 11.4 Å². The van der Waals surface area contributed by atoms with Crippen LogP contribution in [0.25, 0.3) is 0 Å². The zero-order valence-electron chi connectivity index (χ0n) is 19.7. The van der Waals surface area contributed by atoms with Crippen molar-refractivity contribution in [3.05, 3.63) is 83.4 Å². The summed E-state index contributed by atoms with van der Waals surface area (Å²) in [7, 11) is -1.17. The number of para-hydroxylation sites is 1. The van der Waals surface area contributed by atoms with Crippen molar-refractivity contribution in [1.29, 1.82) is 0 Å². The molecule has 11 heteroatoms. The summed E-state index contributed by atoms with van der Waals surface area (Å²) >= 11 is 6.11. The lowest BCUT2D eigenvalue weighted by Gasteiger charge is -2.24. The van der Waals surface area contributed by atoms with Crippen LogP contribution in [0.3, 0.4) is 0 Å². The third-order valence-electron chi connectivity index (χ3n) is 5.07. The number of sulfonamides is 1. The predicted octanol–water partition coefficient (Wildman–Crippen LogP) is 3.56. The summed E-state index contributed by atoms with van der Waals surface area (Å²) in [6.07, 6.45) is 0. The molecule has 0 spiro atoms. The number of carbonyl (C=O) groups excluding carboxylic acids is 2. The number of nitrogens with one attached hydrogen (secondary N) is 2. The molecule has 0 atom stereocenters. The average Bonchev–Trinajstić information content (AvgIpc) is 2.87. The van der Waals surface area contributed by atoms with E-state index in [1.807, 2.05) is 0 Å². The fourth-order valence-electron chi connectivity index (χ4n) is 3.29. The van der Waals surface area contributed by atoms with Gasteiger partial charge in [0.15, 0.2) is 0 Å². The molecule has 36 heavy (non-hydrogen) atoms. The molecule has 2 N–H and O–H groups in total. The number of nitrogens with zero attached hydrogens (tertiary/aromatic N) is 1. The molecule has 0 unspecified atom stereocenters. The maximum absolute atomic E-state index is 13.5. The van der Waals surface area contributed by atoms with Gasteiger partial charge in [0, 0.05) is 18.7 Å². The number of hydrogen-bond acceptors (Lipinski definition) is 6. The highest BCUT2D eigenvalue weighted by atomic mass is 35.5. The lowest BCUT2D eigenvalue weighted by Crippen LogP contribution is -2.38. The largest absolute Gasteiger partial charge is 0.497 e. The first kappa shape index (κ1) is 27.0. The van der Waals surface area contributed by atoms with Gasteiger partial charge in [-0.15, -0.1) is 0 Å². The summed E-state index contributed by atoms with van der Waals surface area (Å²) in [4.78, 5) is 25.6. The molecule has 0 aliphatic heterocycles. The molecule has 3 rings (SSSR count). The maximum atomic E-state index is 13.5. The normalized spacial score (nSPS) is 11.0. The topological polar surface area (TPSA) is 114 Å². The van der Waals surface area contributed by atoms with E-state index in [1.165, 1.54) is 50.6 Å². The van der Waals surface area contributed by atoms with Gasteiger partial charge in [-0.1, -0.05) is 29.8 Å². The number of hydrogen-bond donors (Lipinski definition) is 2. The monoisotopic (exact) mass is 531 g/mol. The molecular formula is C25H26ClN3O6S. The summed E-state index contributed by atoms with van der Waals surface area (Å²) in [6.45, 7) is 0.0622. The van der Waals surface area contributed by atoms with Gasteiger partial charge < -0.3 is 20.1 Å². The van der Waals surface area contributed by atoms with Crippen LogP contribution in [0.2, 0.25) is 5.02 Å². The Balaban J connectivity index is 1.89. The molecule has 0 fully saturated rings. The summed E-state index contributed by atoms with van der Waals surface area (Å²) in [5, 5.41) is 5.65. The Hall–Kier alpha value is -3.60. The van der Waals surface area contributed by atoms with Crippen molar-refractivity contribution < 1.29 is 27.5 Å². The second-order valence-electron chi connectivity index (χ2n) is 7.51. The van der Waals surface area contributed by atoms with E-state index in [2.05, 4.69) is 10.6 Å². The molecule has 0 saturated heterocycles. The molecule has 190 valence electrons. The minimum Gasteiger partial charge on any atom is -0.497 e. The molecule has 0 aliphatic carbocycles. The van der Waals surface area contributed by atoms with Gasteiger partial charge in [0.2, 0.25) is 5.91 Å². The summed E-state index contributed by atoms with van der Waals surface area (Å²) in [6, 6.07) is 18.4. The van der Waals surface area contributed by atoms with E-state index >= 15 is 0 Å². The minimum atomic E-state index is -4.16. The molecule has 0 bridgehead atoms. The number of ether oxygens (including phenoxy) is 2. The van der Waals surface area contributed by atoms with Gasteiger partial charge in [0.25, 0.3) is 15.9 Å². The highest BCUT2D eigenvalue weighted by Crippen LogP contribution is 2.27. The SMILES string of the molecule is COCCNC(=O)c1ccccc1NC(=O)CN(c1cccc(Cl)c1)S(=O)(=O)c1ccc(OC)cc1. The third kappa shape index (κ3) is 6.75. The molecule has 0 aromatic heterocycles. The first-order chi connectivity index (χ1) is 17.3. The molecule has 0 aliphatic rings. The van der Waals surface area contributed by atoms with Crippen LogP contribution in [0.15, 0.2) is 77.7 Å². The Labute approximate surface area is 215 Å². The first-order valence-electron chi connectivity index (χ1n) is 10.8. The smallest absolute Gasteiger partial charge is 0.264 e. The molecule has 0 heterocycles. The minimum absolute atomic E-state index is 0.0333. The Kier molecular flexibility index (Phi) is 9.29. The van der Waals surface area contributed by atoms with E-state index in [4.69, 9.17) is 21.1 Å². The number of carbonyl (C=O) groups is 2. The van der Waals surface area contributed by atoms with Crippen molar-refractivity contribution in [1.82, 2.24) is 5.32 Å². The van der Waals surface area contributed by atoms with Crippen molar-refractivity contribution >= 4 is 44.8 Å². The van der Waals surface area contributed by atoms with Gasteiger partial charge in [-0.3, -0.25) is 13.9 Å². The van der Waals surface area contributed by atoms with E-state index in [1.54, 1.807) is 36.4 Å². The quantitative estimate of drug-likeness (QED) is 0.366. The van der Waals surface area contributed by atoms with Crippen LogP contribution in [0, 0.1) is 0 Å². The molecular weight excluding hydrogens is 506 g/mol. The number of rotatable bonds is 11. The Morgan fingerprint density at radius 3 is 2.36 bits per heavy atom. The van der Waals surface area contributed by atoms with Crippen LogP contribution in [-0.2, 0) is 19.6 Å². The van der Waals surface area contributed by atoms with Gasteiger partial charge in [0.1, 0.15) is 12.3 Å². The van der Waals surface area contributed by atoms with E-state index in [9.17, 15) is 18.0 Å². The lowest BCUT2D eigenvalue weighted by atomic mass is 10.1. The number of halogens is 1. The number of anilines is 2. The van der Waals surface area contributed by atoms with E-state index in [-0.39, 0.29) is 21.8 Å². The number of amides is 2. The van der Waals surface area contributed by atoms with E-state index in [0.29, 0.717) is 23.9 Å². The second-order valence-corrected chi connectivity index (χ2v) is 9.81. The van der Waals surface area contributed by atoms with Crippen LogP contribution < -0.4 is 19.7 Å². The van der Waals surface area contributed by atoms with Crippen molar-refractivity contribution in [3.63, 3.8) is 0 Å². The Morgan fingerprint density at radius 1 is 0.972 bits per heavy atom. The zero-order valence-corrected chi connectivity index (χ0v) is 21.3. The van der Waals surface area contributed by atoms with Gasteiger partial charge in [-0.25, -0.2) is 8.42 Å². The summed E-state index contributed by atoms with van der Waals surface area (Å²) in [5.74, 6) is -0.564. The zero-order chi connectivity index (χ0) is 26.1. The Morgan fingerprint density at radius 2 is 1.69 bits per heavy atom.